The van der Waals surface area contributed by atoms with Crippen molar-refractivity contribution in [3.63, 3.8) is 0 Å². The zero-order valence-corrected chi connectivity index (χ0v) is 34.8. The Balaban J connectivity index is 1.01. The lowest BCUT2D eigenvalue weighted by Gasteiger charge is -2.31. The summed E-state index contributed by atoms with van der Waals surface area (Å²) in [6.45, 7) is 4.71. The molecule has 3 aliphatic carbocycles. The van der Waals surface area contributed by atoms with Gasteiger partial charge in [0.2, 0.25) is 0 Å². The van der Waals surface area contributed by atoms with Gasteiger partial charge in [0.15, 0.2) is 0 Å². The van der Waals surface area contributed by atoms with E-state index in [2.05, 4.69) is 232 Å². The lowest BCUT2D eigenvalue weighted by Crippen LogP contribution is -2.25. The SMILES string of the molecule is CC1(C)c2ccccc2-c2cc(/C(=C/c3cccc(-c4ccc5c(c4)C4(c6ccccc6-c6ccccc64)c4cc6ccccc6cc4-5)c3)c3cccc4ccccc34)ccc21. The first-order valence-corrected chi connectivity index (χ1v) is 21.9. The summed E-state index contributed by atoms with van der Waals surface area (Å²) in [5.74, 6) is 0. The molecule has 62 heavy (non-hydrogen) atoms. The third kappa shape index (κ3) is 4.84. The van der Waals surface area contributed by atoms with Crippen molar-refractivity contribution >= 4 is 33.2 Å². The molecule has 1 spiro atoms. The smallest absolute Gasteiger partial charge is 0.0619 e. The van der Waals surface area contributed by atoms with Crippen molar-refractivity contribution in [3.05, 3.63) is 262 Å². The van der Waals surface area contributed by atoms with Crippen LogP contribution in [0.4, 0.5) is 0 Å². The molecule has 3 aliphatic rings. The van der Waals surface area contributed by atoms with Gasteiger partial charge in [-0.15, -0.1) is 0 Å². The van der Waals surface area contributed by atoms with Crippen LogP contribution in [0, 0.1) is 0 Å². The predicted octanol–water partition coefficient (Wildman–Crippen LogP) is 15.9. The highest BCUT2D eigenvalue weighted by molar-refractivity contribution is 6.04. The molecule has 0 atom stereocenters. The van der Waals surface area contributed by atoms with Crippen molar-refractivity contribution in [2.75, 3.05) is 0 Å². The Labute approximate surface area is 363 Å². The van der Waals surface area contributed by atoms with Gasteiger partial charge in [-0.3, -0.25) is 0 Å². The Morgan fingerprint density at radius 2 is 0.903 bits per heavy atom. The quantitative estimate of drug-likeness (QED) is 0.156. The Morgan fingerprint density at radius 1 is 0.355 bits per heavy atom. The van der Waals surface area contributed by atoms with Gasteiger partial charge in [0.05, 0.1) is 5.41 Å². The average Bonchev–Trinajstić information content (AvgIpc) is 3.87. The van der Waals surface area contributed by atoms with Gasteiger partial charge in [0.1, 0.15) is 0 Å². The molecule has 0 bridgehead atoms. The van der Waals surface area contributed by atoms with Gasteiger partial charge in [-0.2, -0.15) is 0 Å². The van der Waals surface area contributed by atoms with Crippen LogP contribution in [0.1, 0.15) is 63.9 Å². The fourth-order valence-corrected chi connectivity index (χ4v) is 11.6. The molecule has 0 amide bonds. The van der Waals surface area contributed by atoms with E-state index >= 15 is 0 Å². The largest absolute Gasteiger partial charge is 0.0725 e. The highest BCUT2D eigenvalue weighted by atomic mass is 14.5. The highest BCUT2D eigenvalue weighted by Crippen LogP contribution is 2.63. The summed E-state index contributed by atoms with van der Waals surface area (Å²) in [6.07, 6.45) is 2.42. The lowest BCUT2D eigenvalue weighted by molar-refractivity contribution is 0.660. The van der Waals surface area contributed by atoms with Gasteiger partial charge < -0.3 is 0 Å². The summed E-state index contributed by atoms with van der Waals surface area (Å²) in [5, 5.41) is 5.05. The van der Waals surface area contributed by atoms with Crippen molar-refractivity contribution in [3.8, 4) is 44.5 Å². The molecule has 0 radical (unpaired) electrons. The monoisotopic (exact) mass is 786 g/mol. The van der Waals surface area contributed by atoms with Crippen molar-refractivity contribution in [1.82, 2.24) is 0 Å². The first kappa shape index (κ1) is 35.2. The normalized spacial score (nSPS) is 14.6. The van der Waals surface area contributed by atoms with Crippen LogP contribution in [0.25, 0.3) is 77.7 Å². The van der Waals surface area contributed by atoms with E-state index in [-0.39, 0.29) is 5.41 Å². The molecule has 0 unspecified atom stereocenters. The topological polar surface area (TPSA) is 0 Å². The minimum absolute atomic E-state index is 0.0476. The summed E-state index contributed by atoms with van der Waals surface area (Å²) < 4.78 is 0. The maximum atomic E-state index is 2.51. The zero-order valence-electron chi connectivity index (χ0n) is 34.8. The number of hydrogen-bond donors (Lipinski definition) is 0. The molecule has 0 fully saturated rings. The number of fused-ring (bicyclic) bond motifs is 15. The van der Waals surface area contributed by atoms with Crippen LogP contribution in [-0.2, 0) is 10.8 Å². The van der Waals surface area contributed by atoms with Crippen LogP contribution in [-0.4, -0.2) is 0 Å². The second-order valence-electron chi connectivity index (χ2n) is 18.0. The minimum Gasteiger partial charge on any atom is -0.0619 e. The van der Waals surface area contributed by atoms with Crippen molar-refractivity contribution in [2.24, 2.45) is 0 Å². The zero-order chi connectivity index (χ0) is 41.2. The standard InChI is InChI=1S/C62H42/c1-61(2)55-26-10-7-24-50(55)53-36-45(30-32-56(53)61)52(47-25-14-19-40-16-5-6-21-46(40)47)34-39-15-13-20-41(33-39)44-29-31-51-54-35-42-17-3-4-18-43(42)37-60(54)62(59(51)38-44)57-27-11-8-22-48(57)49-23-9-12-28-58(49)62/h3-38H,1-2H3/b52-34-. The van der Waals surface area contributed by atoms with Crippen LogP contribution in [0.15, 0.2) is 212 Å². The van der Waals surface area contributed by atoms with E-state index in [1.165, 1.54) is 122 Å². The molecule has 0 saturated carbocycles. The summed E-state index contributed by atoms with van der Waals surface area (Å²) in [4.78, 5) is 0. The second-order valence-corrected chi connectivity index (χ2v) is 18.0. The van der Waals surface area contributed by atoms with Crippen molar-refractivity contribution in [1.29, 1.82) is 0 Å². The maximum Gasteiger partial charge on any atom is 0.0725 e. The molecule has 290 valence electrons. The van der Waals surface area contributed by atoms with Gasteiger partial charge in [-0.25, -0.2) is 0 Å². The molecular weight excluding hydrogens is 745 g/mol. The molecule has 0 aromatic heterocycles. The van der Waals surface area contributed by atoms with E-state index in [1.54, 1.807) is 0 Å². The van der Waals surface area contributed by atoms with E-state index in [1.807, 2.05) is 0 Å². The third-order valence-corrected chi connectivity index (χ3v) is 14.5. The van der Waals surface area contributed by atoms with E-state index < -0.39 is 5.41 Å². The summed E-state index contributed by atoms with van der Waals surface area (Å²) in [7, 11) is 0. The number of benzene rings is 10. The Hall–Kier alpha value is -7.54. The first-order valence-electron chi connectivity index (χ1n) is 21.9. The van der Waals surface area contributed by atoms with Gasteiger partial charge in [0.25, 0.3) is 0 Å². The van der Waals surface area contributed by atoms with Gasteiger partial charge in [0, 0.05) is 5.41 Å². The Morgan fingerprint density at radius 3 is 1.68 bits per heavy atom. The second kappa shape index (κ2) is 13.0. The van der Waals surface area contributed by atoms with Crippen LogP contribution < -0.4 is 0 Å². The van der Waals surface area contributed by atoms with E-state index in [0.29, 0.717) is 0 Å². The Bertz CT molecular complexity index is 3500. The molecule has 0 nitrogen and oxygen atoms in total. The third-order valence-electron chi connectivity index (χ3n) is 14.5. The molecule has 13 rings (SSSR count). The predicted molar refractivity (Wildman–Crippen MR) is 261 cm³/mol. The molecule has 0 N–H and O–H groups in total. The van der Waals surface area contributed by atoms with Crippen molar-refractivity contribution < 1.29 is 0 Å². The summed E-state index contributed by atoms with van der Waals surface area (Å²) in [6, 6.07) is 80.0. The molecule has 0 heterocycles. The number of hydrogen-bond acceptors (Lipinski definition) is 0. The van der Waals surface area contributed by atoms with Gasteiger partial charge in [-0.1, -0.05) is 196 Å². The molecule has 10 aromatic rings. The molecular formula is C62H42. The van der Waals surface area contributed by atoms with Gasteiger partial charge >= 0.3 is 0 Å². The van der Waals surface area contributed by atoms with E-state index in [0.717, 1.165) is 0 Å². The summed E-state index contributed by atoms with van der Waals surface area (Å²) in [5.41, 5.74) is 23.0. The van der Waals surface area contributed by atoms with E-state index in [9.17, 15) is 0 Å². The van der Waals surface area contributed by atoms with Crippen molar-refractivity contribution in [2.45, 2.75) is 24.7 Å². The fraction of sp³-hybridized carbons (Fsp3) is 0.0645. The molecule has 10 aromatic carbocycles. The summed E-state index contributed by atoms with van der Waals surface area (Å²) >= 11 is 0. The minimum atomic E-state index is -0.419. The fourth-order valence-electron chi connectivity index (χ4n) is 11.6. The average molecular weight is 787 g/mol. The lowest BCUT2D eigenvalue weighted by atomic mass is 9.70. The highest BCUT2D eigenvalue weighted by Gasteiger charge is 2.51. The van der Waals surface area contributed by atoms with Crippen LogP contribution >= 0.6 is 0 Å². The number of rotatable bonds is 4. The maximum absolute atomic E-state index is 2.51. The first-order chi connectivity index (χ1) is 30.5. The van der Waals surface area contributed by atoms with E-state index in [4.69, 9.17) is 0 Å². The van der Waals surface area contributed by atoms with Crippen LogP contribution in [0.3, 0.4) is 0 Å². The Kier molecular flexibility index (Phi) is 7.38. The molecule has 0 aliphatic heterocycles. The van der Waals surface area contributed by atoms with Crippen LogP contribution in [0.2, 0.25) is 0 Å². The van der Waals surface area contributed by atoms with Crippen LogP contribution in [0.5, 0.6) is 0 Å². The molecule has 0 heteroatoms. The van der Waals surface area contributed by atoms with Gasteiger partial charge in [-0.05, 0) is 158 Å². The molecule has 0 saturated heterocycles.